The van der Waals surface area contributed by atoms with Crippen LogP contribution in [0.1, 0.15) is 5.56 Å². The molecule has 15 heavy (non-hydrogen) atoms. The molecule has 0 saturated heterocycles. The van der Waals surface area contributed by atoms with E-state index in [1.807, 2.05) is 0 Å². The summed E-state index contributed by atoms with van der Waals surface area (Å²) in [7, 11) is 1.52. The lowest BCUT2D eigenvalue weighted by Crippen LogP contribution is -2.21. The summed E-state index contributed by atoms with van der Waals surface area (Å²) in [6.45, 7) is 0. The number of hydrogen-bond donors (Lipinski definition) is 0. The molecule has 0 aliphatic heterocycles. The van der Waals surface area contributed by atoms with Gasteiger partial charge >= 0.3 is 0 Å². The van der Waals surface area contributed by atoms with Crippen LogP contribution in [-0.2, 0) is 7.05 Å². The van der Waals surface area contributed by atoms with Crippen molar-refractivity contribution in [2.24, 2.45) is 7.05 Å². The van der Waals surface area contributed by atoms with Gasteiger partial charge in [0.1, 0.15) is 6.07 Å². The quantitative estimate of drug-likeness (QED) is 0.650. The van der Waals surface area contributed by atoms with Gasteiger partial charge in [0.15, 0.2) is 11.4 Å². The summed E-state index contributed by atoms with van der Waals surface area (Å²) in [5, 5.41) is 8.97. The van der Waals surface area contributed by atoms with Crippen LogP contribution in [0.25, 0.3) is 10.9 Å². The highest BCUT2D eigenvalue weighted by Gasteiger charge is 2.13. The summed E-state index contributed by atoms with van der Waals surface area (Å²) in [6, 6.07) is 8.15. The monoisotopic (exact) mass is 202 g/mol. The number of aromatic nitrogens is 1. The minimum absolute atomic E-state index is 0.288. The van der Waals surface area contributed by atoms with Gasteiger partial charge in [0, 0.05) is 12.4 Å². The van der Waals surface area contributed by atoms with E-state index in [1.165, 1.54) is 11.6 Å². The highest BCUT2D eigenvalue weighted by atomic mass is 19.1. The van der Waals surface area contributed by atoms with E-state index in [0.717, 1.165) is 0 Å². The normalized spacial score (nSPS) is 10.2. The van der Waals surface area contributed by atoms with Crippen LogP contribution in [0, 0.1) is 17.1 Å². The number of fused-ring (bicyclic) bond motifs is 1. The molecule has 1 aromatic heterocycles. The molecule has 74 valence electrons. The average molecular weight is 202 g/mol. The second-order valence-electron chi connectivity index (χ2n) is 3.18. The van der Waals surface area contributed by atoms with Gasteiger partial charge in [-0.25, -0.2) is 4.39 Å². The van der Waals surface area contributed by atoms with E-state index in [0.29, 0.717) is 5.52 Å². The fraction of sp³-hybridized carbons (Fsp3) is 0.0909. The van der Waals surface area contributed by atoms with E-state index in [4.69, 9.17) is 5.26 Å². The van der Waals surface area contributed by atoms with Gasteiger partial charge in [0.25, 0.3) is 5.56 Å². The number of nitriles is 1. The van der Waals surface area contributed by atoms with Crippen molar-refractivity contribution in [1.82, 2.24) is 4.57 Å². The molecule has 0 aliphatic carbocycles. The third kappa shape index (κ3) is 1.21. The zero-order valence-electron chi connectivity index (χ0n) is 7.99. The minimum atomic E-state index is -0.740. The van der Waals surface area contributed by atoms with E-state index in [1.54, 1.807) is 30.3 Å². The van der Waals surface area contributed by atoms with Crippen molar-refractivity contribution in [1.29, 1.82) is 5.26 Å². The van der Waals surface area contributed by atoms with Crippen LogP contribution >= 0.6 is 0 Å². The molecule has 0 amide bonds. The number of pyridine rings is 1. The summed E-state index contributed by atoms with van der Waals surface area (Å²) in [4.78, 5) is 11.5. The lowest BCUT2D eigenvalue weighted by molar-refractivity contribution is 0.628. The Morgan fingerprint density at radius 2 is 2.07 bits per heavy atom. The largest absolute Gasteiger partial charge is 0.310 e. The van der Waals surface area contributed by atoms with E-state index < -0.39 is 16.9 Å². The van der Waals surface area contributed by atoms with E-state index in [-0.39, 0.29) is 5.39 Å². The number of benzene rings is 1. The molecule has 1 heterocycles. The number of nitrogens with zero attached hydrogens (tertiary/aromatic N) is 2. The van der Waals surface area contributed by atoms with Crippen molar-refractivity contribution in [2.45, 2.75) is 0 Å². The zero-order chi connectivity index (χ0) is 11.0. The Hall–Kier alpha value is -2.15. The maximum absolute atomic E-state index is 13.7. The maximum atomic E-state index is 13.7. The zero-order valence-corrected chi connectivity index (χ0v) is 7.99. The summed E-state index contributed by atoms with van der Waals surface area (Å²) in [5.74, 6) is -0.740. The highest BCUT2D eigenvalue weighted by Crippen LogP contribution is 2.16. The molecule has 0 unspecified atom stereocenters. The smallest absolute Gasteiger partial charge is 0.271 e. The third-order valence-corrected chi connectivity index (χ3v) is 2.35. The Labute approximate surface area is 85.0 Å². The van der Waals surface area contributed by atoms with E-state index >= 15 is 0 Å². The molecule has 4 heteroatoms. The van der Waals surface area contributed by atoms with Crippen LogP contribution in [0.4, 0.5) is 4.39 Å². The number of halogens is 1. The van der Waals surface area contributed by atoms with Crippen LogP contribution in [-0.4, -0.2) is 4.57 Å². The molecule has 0 fully saturated rings. The van der Waals surface area contributed by atoms with Gasteiger partial charge in [-0.1, -0.05) is 12.1 Å². The van der Waals surface area contributed by atoms with Crippen LogP contribution in [0.3, 0.4) is 0 Å². The van der Waals surface area contributed by atoms with Gasteiger partial charge in [-0.3, -0.25) is 4.79 Å². The van der Waals surface area contributed by atoms with Gasteiger partial charge in [-0.15, -0.1) is 0 Å². The number of aryl methyl sites for hydroxylation is 1. The first kappa shape index (κ1) is 9.41. The molecule has 0 bridgehead atoms. The molecule has 3 nitrogen and oxygen atoms in total. The second kappa shape index (κ2) is 3.21. The van der Waals surface area contributed by atoms with Gasteiger partial charge in [0.05, 0.1) is 5.52 Å². The van der Waals surface area contributed by atoms with Crippen molar-refractivity contribution in [3.05, 3.63) is 46.0 Å². The predicted octanol–water partition coefficient (Wildman–Crippen LogP) is 1.55. The summed E-state index contributed by atoms with van der Waals surface area (Å²) in [6.07, 6.45) is 0. The van der Waals surface area contributed by atoms with E-state index in [2.05, 4.69) is 0 Å². The second-order valence-corrected chi connectivity index (χ2v) is 3.18. The third-order valence-electron chi connectivity index (χ3n) is 2.35. The van der Waals surface area contributed by atoms with Crippen LogP contribution < -0.4 is 5.56 Å². The van der Waals surface area contributed by atoms with Gasteiger partial charge in [-0.2, -0.15) is 5.26 Å². The molecule has 2 rings (SSSR count). The molecule has 0 N–H and O–H groups in total. The number of rotatable bonds is 0. The molecule has 1 aromatic carbocycles. The number of hydrogen-bond acceptors (Lipinski definition) is 2. The molecular formula is C11H7FN2O. The van der Waals surface area contributed by atoms with Crippen LogP contribution in [0.2, 0.25) is 0 Å². The molecule has 0 saturated carbocycles. The van der Waals surface area contributed by atoms with Crippen molar-refractivity contribution < 1.29 is 4.39 Å². The van der Waals surface area contributed by atoms with Gasteiger partial charge in [0.2, 0.25) is 0 Å². The Kier molecular flexibility index (Phi) is 2.01. The Morgan fingerprint density at radius 1 is 1.40 bits per heavy atom. The lowest BCUT2D eigenvalue weighted by Gasteiger charge is -2.06. The first-order valence-corrected chi connectivity index (χ1v) is 4.34. The Bertz CT molecular complexity index is 637. The maximum Gasteiger partial charge on any atom is 0.271 e. The molecule has 0 radical (unpaired) electrons. The lowest BCUT2D eigenvalue weighted by atomic mass is 10.1. The van der Waals surface area contributed by atoms with Crippen molar-refractivity contribution in [2.75, 3.05) is 0 Å². The fourth-order valence-corrected chi connectivity index (χ4v) is 1.55. The minimum Gasteiger partial charge on any atom is -0.310 e. The summed E-state index contributed by atoms with van der Waals surface area (Å²) >= 11 is 0. The topological polar surface area (TPSA) is 45.8 Å². The molecular weight excluding hydrogens is 195 g/mol. The predicted molar refractivity (Wildman–Crippen MR) is 53.9 cm³/mol. The first-order chi connectivity index (χ1) is 7.16. The summed E-state index contributed by atoms with van der Waals surface area (Å²) in [5.41, 5.74) is -0.552. The van der Waals surface area contributed by atoms with E-state index in [9.17, 15) is 9.18 Å². The summed E-state index contributed by atoms with van der Waals surface area (Å²) < 4.78 is 14.9. The van der Waals surface area contributed by atoms with Gasteiger partial charge < -0.3 is 4.57 Å². The number of para-hydroxylation sites is 1. The average Bonchev–Trinajstić information content (AvgIpc) is 2.27. The Balaban J connectivity index is 3.12. The van der Waals surface area contributed by atoms with Crippen LogP contribution in [0.5, 0.6) is 0 Å². The SMILES string of the molecule is Cn1c(=O)c(C#N)c(F)c2ccccc21. The van der Waals surface area contributed by atoms with Crippen molar-refractivity contribution in [3.63, 3.8) is 0 Å². The molecule has 0 spiro atoms. The fourth-order valence-electron chi connectivity index (χ4n) is 1.55. The van der Waals surface area contributed by atoms with Crippen molar-refractivity contribution in [3.8, 4) is 6.07 Å². The molecule has 0 atom stereocenters. The Morgan fingerprint density at radius 3 is 2.73 bits per heavy atom. The van der Waals surface area contributed by atoms with Gasteiger partial charge in [-0.05, 0) is 12.1 Å². The first-order valence-electron chi connectivity index (χ1n) is 4.34. The van der Waals surface area contributed by atoms with Crippen LogP contribution in [0.15, 0.2) is 29.1 Å². The van der Waals surface area contributed by atoms with Crippen molar-refractivity contribution >= 4 is 10.9 Å². The molecule has 2 aromatic rings. The standard InChI is InChI=1S/C11H7FN2O/c1-14-9-5-3-2-4-7(9)10(12)8(6-13)11(14)15/h2-5H,1H3. The highest BCUT2D eigenvalue weighted by molar-refractivity contribution is 5.80. The molecule has 0 aliphatic rings.